The van der Waals surface area contributed by atoms with Crippen LogP contribution in [-0.4, -0.2) is 46.3 Å². The zero-order valence-corrected chi connectivity index (χ0v) is 9.64. The van der Waals surface area contributed by atoms with Crippen molar-refractivity contribution in [1.82, 2.24) is 4.90 Å². The lowest BCUT2D eigenvalue weighted by Crippen LogP contribution is -2.42. The van der Waals surface area contributed by atoms with Crippen LogP contribution in [0, 0.1) is 5.92 Å². The summed E-state index contributed by atoms with van der Waals surface area (Å²) in [4.78, 5) is 13.3. The second-order valence-electron chi connectivity index (χ2n) is 5.02. The number of aliphatic hydroxyl groups excluding tert-OH is 1. The molecular weight excluding hydrogens is 206 g/mol. The molecule has 16 heavy (non-hydrogen) atoms. The first-order valence-electron chi connectivity index (χ1n) is 6.33. The number of likely N-dealkylation sites (tertiary alicyclic amines) is 1. The lowest BCUT2D eigenvalue weighted by molar-refractivity contribution is -0.142. The highest BCUT2D eigenvalue weighted by atomic mass is 16.4. The maximum absolute atomic E-state index is 11.2. The van der Waals surface area contributed by atoms with Crippen LogP contribution in [0.1, 0.15) is 38.5 Å². The van der Waals surface area contributed by atoms with Gasteiger partial charge in [-0.25, -0.2) is 0 Å². The Labute approximate surface area is 96.3 Å². The Morgan fingerprint density at radius 2 is 2.06 bits per heavy atom. The number of hydrogen-bond donors (Lipinski definition) is 2. The molecule has 4 nitrogen and oxygen atoms in total. The second-order valence-corrected chi connectivity index (χ2v) is 5.02. The van der Waals surface area contributed by atoms with Crippen molar-refractivity contribution in [2.75, 3.05) is 13.2 Å². The van der Waals surface area contributed by atoms with Crippen LogP contribution in [0.5, 0.6) is 0 Å². The summed E-state index contributed by atoms with van der Waals surface area (Å²) < 4.78 is 0. The summed E-state index contributed by atoms with van der Waals surface area (Å²) >= 11 is 0. The predicted octanol–water partition coefficient (Wildman–Crippen LogP) is 1.09. The maximum Gasteiger partial charge on any atom is 0.320 e. The van der Waals surface area contributed by atoms with Gasteiger partial charge in [-0.3, -0.25) is 9.69 Å². The van der Waals surface area contributed by atoms with Crippen molar-refractivity contribution >= 4 is 5.97 Å². The van der Waals surface area contributed by atoms with E-state index < -0.39 is 5.97 Å². The lowest BCUT2D eigenvalue weighted by atomic mass is 9.85. The van der Waals surface area contributed by atoms with Gasteiger partial charge in [0.2, 0.25) is 0 Å². The molecule has 92 valence electrons. The summed E-state index contributed by atoms with van der Waals surface area (Å²) in [7, 11) is 0. The molecular formula is C12H21NO3. The summed E-state index contributed by atoms with van der Waals surface area (Å²) in [5.74, 6) is -0.110. The minimum atomic E-state index is -0.688. The Balaban J connectivity index is 2.05. The van der Waals surface area contributed by atoms with Gasteiger partial charge in [-0.05, 0) is 31.6 Å². The first-order valence-corrected chi connectivity index (χ1v) is 6.33. The van der Waals surface area contributed by atoms with E-state index in [9.17, 15) is 9.90 Å². The van der Waals surface area contributed by atoms with E-state index in [1.54, 1.807) is 0 Å². The molecule has 1 aliphatic heterocycles. The van der Waals surface area contributed by atoms with E-state index >= 15 is 0 Å². The van der Waals surface area contributed by atoms with Crippen molar-refractivity contribution < 1.29 is 15.0 Å². The SMILES string of the molecule is O=C(O)C1CC2CCCCC2N1CCCO. The quantitative estimate of drug-likeness (QED) is 0.754. The van der Waals surface area contributed by atoms with Crippen LogP contribution in [0.4, 0.5) is 0 Å². The van der Waals surface area contributed by atoms with E-state index in [4.69, 9.17) is 5.11 Å². The van der Waals surface area contributed by atoms with Crippen molar-refractivity contribution in [2.24, 2.45) is 5.92 Å². The number of hydrogen-bond acceptors (Lipinski definition) is 3. The molecule has 0 aromatic heterocycles. The third kappa shape index (κ3) is 2.23. The third-order valence-electron chi connectivity index (χ3n) is 4.08. The predicted molar refractivity (Wildman–Crippen MR) is 60.2 cm³/mol. The fourth-order valence-corrected chi connectivity index (χ4v) is 3.37. The average Bonchev–Trinajstić information content (AvgIpc) is 2.65. The topological polar surface area (TPSA) is 60.8 Å². The number of aliphatic hydroxyl groups is 1. The van der Waals surface area contributed by atoms with Crippen molar-refractivity contribution in [1.29, 1.82) is 0 Å². The summed E-state index contributed by atoms with van der Waals surface area (Å²) in [5.41, 5.74) is 0. The van der Waals surface area contributed by atoms with Crippen molar-refractivity contribution in [2.45, 2.75) is 50.6 Å². The van der Waals surface area contributed by atoms with Gasteiger partial charge in [0.25, 0.3) is 0 Å². The van der Waals surface area contributed by atoms with Gasteiger partial charge in [-0.1, -0.05) is 12.8 Å². The standard InChI is InChI=1S/C12H21NO3/c14-7-3-6-13-10-5-2-1-4-9(10)8-11(13)12(15)16/h9-11,14H,1-8H2,(H,15,16). The van der Waals surface area contributed by atoms with Crippen molar-refractivity contribution in [3.05, 3.63) is 0 Å². The van der Waals surface area contributed by atoms with Crippen LogP contribution in [0.2, 0.25) is 0 Å². The Morgan fingerprint density at radius 1 is 1.31 bits per heavy atom. The minimum Gasteiger partial charge on any atom is -0.480 e. The summed E-state index contributed by atoms with van der Waals surface area (Å²) in [5, 5.41) is 18.1. The monoisotopic (exact) mass is 227 g/mol. The van der Waals surface area contributed by atoms with Crippen LogP contribution in [0.3, 0.4) is 0 Å². The van der Waals surface area contributed by atoms with E-state index in [1.807, 2.05) is 0 Å². The first kappa shape index (κ1) is 11.9. The van der Waals surface area contributed by atoms with Gasteiger partial charge in [0, 0.05) is 19.2 Å². The number of nitrogens with zero attached hydrogens (tertiary/aromatic N) is 1. The second kappa shape index (κ2) is 5.15. The average molecular weight is 227 g/mol. The molecule has 3 unspecified atom stereocenters. The van der Waals surface area contributed by atoms with Crippen molar-refractivity contribution in [3.63, 3.8) is 0 Å². The summed E-state index contributed by atoms with van der Waals surface area (Å²) in [6.45, 7) is 0.884. The molecule has 0 aromatic rings. The van der Waals surface area contributed by atoms with Gasteiger partial charge in [0.1, 0.15) is 6.04 Å². The number of aliphatic carboxylic acids is 1. The van der Waals surface area contributed by atoms with Gasteiger partial charge >= 0.3 is 5.97 Å². The van der Waals surface area contributed by atoms with Crippen LogP contribution < -0.4 is 0 Å². The Kier molecular flexibility index (Phi) is 3.82. The van der Waals surface area contributed by atoms with Crippen LogP contribution in [0.15, 0.2) is 0 Å². The molecule has 1 saturated heterocycles. The van der Waals surface area contributed by atoms with Crippen LogP contribution >= 0.6 is 0 Å². The molecule has 0 amide bonds. The van der Waals surface area contributed by atoms with Gasteiger partial charge in [0.15, 0.2) is 0 Å². The van der Waals surface area contributed by atoms with Gasteiger partial charge in [0.05, 0.1) is 0 Å². The van der Waals surface area contributed by atoms with Gasteiger partial charge < -0.3 is 10.2 Å². The fourth-order valence-electron chi connectivity index (χ4n) is 3.37. The number of carboxylic acid groups (broad SMARTS) is 1. The molecule has 2 aliphatic rings. The Morgan fingerprint density at radius 3 is 2.75 bits per heavy atom. The molecule has 0 spiro atoms. The largest absolute Gasteiger partial charge is 0.480 e. The highest BCUT2D eigenvalue weighted by Crippen LogP contribution is 2.39. The molecule has 2 N–H and O–H groups in total. The van der Waals surface area contributed by atoms with E-state index in [2.05, 4.69) is 4.90 Å². The lowest BCUT2D eigenvalue weighted by Gasteiger charge is -2.32. The van der Waals surface area contributed by atoms with Crippen LogP contribution in [0.25, 0.3) is 0 Å². The molecule has 1 aliphatic carbocycles. The minimum absolute atomic E-state index is 0.153. The maximum atomic E-state index is 11.2. The number of carboxylic acids is 1. The molecule has 3 atom stereocenters. The van der Waals surface area contributed by atoms with E-state index in [0.29, 0.717) is 18.4 Å². The molecule has 2 rings (SSSR count). The molecule has 4 heteroatoms. The number of fused-ring (bicyclic) bond motifs is 1. The normalized spacial score (nSPS) is 34.9. The fraction of sp³-hybridized carbons (Fsp3) is 0.917. The first-order chi connectivity index (χ1) is 7.74. The number of rotatable bonds is 4. The smallest absolute Gasteiger partial charge is 0.320 e. The molecule has 1 heterocycles. The summed E-state index contributed by atoms with van der Waals surface area (Å²) in [6, 6.07) is 0.154. The van der Waals surface area contributed by atoms with E-state index in [-0.39, 0.29) is 12.6 Å². The van der Waals surface area contributed by atoms with E-state index in [1.165, 1.54) is 19.3 Å². The highest BCUT2D eigenvalue weighted by Gasteiger charge is 2.44. The molecule has 0 aromatic carbocycles. The third-order valence-corrected chi connectivity index (χ3v) is 4.08. The highest BCUT2D eigenvalue weighted by molar-refractivity contribution is 5.74. The number of carbonyl (C=O) groups is 1. The zero-order chi connectivity index (χ0) is 11.5. The molecule has 0 bridgehead atoms. The zero-order valence-electron chi connectivity index (χ0n) is 9.64. The molecule has 2 fully saturated rings. The molecule has 1 saturated carbocycles. The Bertz CT molecular complexity index is 257. The van der Waals surface area contributed by atoms with Crippen molar-refractivity contribution in [3.8, 4) is 0 Å². The van der Waals surface area contributed by atoms with E-state index in [0.717, 1.165) is 19.4 Å². The van der Waals surface area contributed by atoms with Gasteiger partial charge in [-0.2, -0.15) is 0 Å². The van der Waals surface area contributed by atoms with Gasteiger partial charge in [-0.15, -0.1) is 0 Å². The summed E-state index contributed by atoms with van der Waals surface area (Å²) in [6.07, 6.45) is 6.30. The van der Waals surface area contributed by atoms with Crippen LogP contribution in [-0.2, 0) is 4.79 Å². The molecule has 0 radical (unpaired) electrons. The Hall–Kier alpha value is -0.610.